The molecule has 1 aromatic carbocycles. The van der Waals surface area contributed by atoms with Gasteiger partial charge in [0, 0.05) is 24.4 Å². The average molecular weight is 242 g/mol. The quantitative estimate of drug-likeness (QED) is 0.846. The van der Waals surface area contributed by atoms with Crippen molar-refractivity contribution in [2.75, 3.05) is 6.61 Å². The van der Waals surface area contributed by atoms with Crippen LogP contribution in [0.15, 0.2) is 54.7 Å². The van der Waals surface area contributed by atoms with Gasteiger partial charge in [-0.15, -0.1) is 0 Å². The van der Waals surface area contributed by atoms with Crippen molar-refractivity contribution in [3.63, 3.8) is 0 Å². The van der Waals surface area contributed by atoms with E-state index in [9.17, 15) is 0 Å². The lowest BCUT2D eigenvalue weighted by Gasteiger charge is -2.12. The van der Waals surface area contributed by atoms with Crippen molar-refractivity contribution >= 4 is 0 Å². The van der Waals surface area contributed by atoms with E-state index in [0.29, 0.717) is 6.61 Å². The number of rotatable bonds is 6. The van der Waals surface area contributed by atoms with Crippen LogP contribution < -0.4 is 10.5 Å². The van der Waals surface area contributed by atoms with Crippen molar-refractivity contribution in [3.8, 4) is 5.75 Å². The molecule has 0 saturated carbocycles. The molecule has 2 rings (SSSR count). The van der Waals surface area contributed by atoms with Crippen molar-refractivity contribution in [1.82, 2.24) is 4.98 Å². The zero-order valence-electron chi connectivity index (χ0n) is 10.3. The summed E-state index contributed by atoms with van der Waals surface area (Å²) in [6.07, 6.45) is 3.41. The fourth-order valence-electron chi connectivity index (χ4n) is 1.73. The predicted octanol–water partition coefficient (Wildman–Crippen LogP) is 2.42. The highest BCUT2D eigenvalue weighted by Gasteiger charge is 2.05. The van der Waals surface area contributed by atoms with Crippen LogP contribution in [0, 0.1) is 0 Å². The van der Waals surface area contributed by atoms with E-state index in [1.165, 1.54) is 0 Å². The van der Waals surface area contributed by atoms with Crippen molar-refractivity contribution in [3.05, 3.63) is 60.4 Å². The molecule has 2 N–H and O–H groups in total. The Hall–Kier alpha value is -1.87. The van der Waals surface area contributed by atoms with E-state index in [-0.39, 0.29) is 6.04 Å². The predicted molar refractivity (Wildman–Crippen MR) is 72.5 cm³/mol. The number of aromatic nitrogens is 1. The molecule has 0 aliphatic rings. The summed E-state index contributed by atoms with van der Waals surface area (Å²) in [5.41, 5.74) is 7.08. The first kappa shape index (κ1) is 12.6. The molecule has 3 nitrogen and oxygen atoms in total. The van der Waals surface area contributed by atoms with Crippen LogP contribution in [0.5, 0.6) is 5.75 Å². The number of ether oxygens (including phenoxy) is 1. The van der Waals surface area contributed by atoms with Gasteiger partial charge in [-0.05, 0) is 30.7 Å². The van der Waals surface area contributed by atoms with Crippen LogP contribution in [0.25, 0.3) is 0 Å². The van der Waals surface area contributed by atoms with E-state index in [0.717, 1.165) is 24.3 Å². The summed E-state index contributed by atoms with van der Waals surface area (Å²) in [5, 5.41) is 0. The van der Waals surface area contributed by atoms with Gasteiger partial charge in [0.1, 0.15) is 5.75 Å². The van der Waals surface area contributed by atoms with Gasteiger partial charge in [-0.2, -0.15) is 0 Å². The normalized spacial score (nSPS) is 12.1. The molecule has 1 aromatic heterocycles. The minimum Gasteiger partial charge on any atom is -0.494 e. The van der Waals surface area contributed by atoms with E-state index in [4.69, 9.17) is 10.5 Å². The molecular formula is C15H18N2O. The van der Waals surface area contributed by atoms with Crippen LogP contribution in [0.2, 0.25) is 0 Å². The van der Waals surface area contributed by atoms with Crippen molar-refractivity contribution in [2.24, 2.45) is 5.73 Å². The summed E-state index contributed by atoms with van der Waals surface area (Å²) in [6.45, 7) is 0.637. The Kier molecular flexibility index (Phi) is 4.73. The second-order valence-electron chi connectivity index (χ2n) is 4.24. The average Bonchev–Trinajstić information content (AvgIpc) is 2.41. The van der Waals surface area contributed by atoms with E-state index in [1.807, 2.05) is 48.5 Å². The summed E-state index contributed by atoms with van der Waals surface area (Å²) < 4.78 is 5.61. The monoisotopic (exact) mass is 242 g/mol. The van der Waals surface area contributed by atoms with Crippen LogP contribution in [0.4, 0.5) is 0 Å². The van der Waals surface area contributed by atoms with E-state index >= 15 is 0 Å². The molecule has 0 spiro atoms. The molecule has 94 valence electrons. The molecule has 0 saturated heterocycles. The Morgan fingerprint density at radius 2 is 1.83 bits per heavy atom. The van der Waals surface area contributed by atoms with E-state index in [2.05, 4.69) is 4.98 Å². The first-order chi connectivity index (χ1) is 8.84. The van der Waals surface area contributed by atoms with E-state index < -0.39 is 0 Å². The fraction of sp³-hybridized carbons (Fsp3) is 0.267. The minimum atomic E-state index is 0.0867. The molecule has 1 atom stereocenters. The largest absolute Gasteiger partial charge is 0.494 e. The highest BCUT2D eigenvalue weighted by molar-refractivity contribution is 5.20. The van der Waals surface area contributed by atoms with Gasteiger partial charge in [0.05, 0.1) is 6.61 Å². The molecule has 2 aromatic rings. The Morgan fingerprint density at radius 1 is 1.06 bits per heavy atom. The van der Waals surface area contributed by atoms with Crippen molar-refractivity contribution < 1.29 is 4.74 Å². The smallest absolute Gasteiger partial charge is 0.119 e. The maximum Gasteiger partial charge on any atom is 0.119 e. The van der Waals surface area contributed by atoms with Crippen molar-refractivity contribution in [2.45, 2.75) is 18.9 Å². The number of nitrogens with two attached hydrogens (primary N) is 1. The van der Waals surface area contributed by atoms with Crippen LogP contribution >= 0.6 is 0 Å². The van der Waals surface area contributed by atoms with Crippen LogP contribution in [-0.2, 0) is 6.42 Å². The third-order valence-corrected chi connectivity index (χ3v) is 2.70. The van der Waals surface area contributed by atoms with Crippen molar-refractivity contribution in [1.29, 1.82) is 0 Å². The summed E-state index contributed by atoms with van der Waals surface area (Å²) in [6, 6.07) is 15.8. The van der Waals surface area contributed by atoms with Gasteiger partial charge >= 0.3 is 0 Å². The van der Waals surface area contributed by atoms with Gasteiger partial charge in [-0.25, -0.2) is 0 Å². The number of para-hydroxylation sites is 1. The molecule has 0 radical (unpaired) electrons. The Bertz CT molecular complexity index is 445. The molecule has 3 heteroatoms. The van der Waals surface area contributed by atoms with Crippen LogP contribution in [-0.4, -0.2) is 17.6 Å². The second kappa shape index (κ2) is 6.77. The van der Waals surface area contributed by atoms with Crippen LogP contribution in [0.3, 0.4) is 0 Å². The molecule has 0 bridgehead atoms. The molecule has 0 amide bonds. The number of pyridine rings is 1. The van der Waals surface area contributed by atoms with Gasteiger partial charge in [-0.1, -0.05) is 24.3 Å². The second-order valence-corrected chi connectivity index (χ2v) is 4.24. The molecule has 1 heterocycles. The summed E-state index contributed by atoms with van der Waals surface area (Å²) >= 11 is 0. The first-order valence-corrected chi connectivity index (χ1v) is 6.18. The van der Waals surface area contributed by atoms with E-state index in [1.54, 1.807) is 6.20 Å². The van der Waals surface area contributed by atoms with Crippen LogP contribution in [0.1, 0.15) is 12.1 Å². The van der Waals surface area contributed by atoms with Gasteiger partial charge in [-0.3, -0.25) is 4.98 Å². The summed E-state index contributed by atoms with van der Waals surface area (Å²) in [7, 11) is 0. The third kappa shape index (κ3) is 4.18. The summed E-state index contributed by atoms with van der Waals surface area (Å²) in [5.74, 6) is 0.891. The third-order valence-electron chi connectivity index (χ3n) is 2.70. The first-order valence-electron chi connectivity index (χ1n) is 6.18. The molecule has 1 unspecified atom stereocenters. The highest BCUT2D eigenvalue weighted by Crippen LogP contribution is 2.09. The zero-order chi connectivity index (χ0) is 12.6. The van der Waals surface area contributed by atoms with Gasteiger partial charge < -0.3 is 10.5 Å². The fourth-order valence-corrected chi connectivity index (χ4v) is 1.73. The zero-order valence-corrected chi connectivity index (χ0v) is 10.3. The maximum absolute atomic E-state index is 6.05. The molecular weight excluding hydrogens is 224 g/mol. The molecule has 0 aliphatic heterocycles. The van der Waals surface area contributed by atoms with Gasteiger partial charge in [0.2, 0.25) is 0 Å². The Labute approximate surface area is 108 Å². The topological polar surface area (TPSA) is 48.1 Å². The maximum atomic E-state index is 6.05. The number of hydrogen-bond donors (Lipinski definition) is 1. The SMILES string of the molecule is NC(CCOc1ccccc1)Cc1ccccn1. The lowest BCUT2D eigenvalue weighted by atomic mass is 10.1. The summed E-state index contributed by atoms with van der Waals surface area (Å²) in [4.78, 5) is 4.26. The standard InChI is InChI=1S/C15H18N2O/c16-13(12-14-6-4-5-10-17-14)9-11-18-15-7-2-1-3-8-15/h1-8,10,13H,9,11-12,16H2. The molecule has 18 heavy (non-hydrogen) atoms. The Morgan fingerprint density at radius 3 is 2.56 bits per heavy atom. The molecule has 0 aliphatic carbocycles. The van der Waals surface area contributed by atoms with Gasteiger partial charge in [0.25, 0.3) is 0 Å². The Balaban J connectivity index is 1.71. The minimum absolute atomic E-state index is 0.0867. The number of nitrogens with zero attached hydrogens (tertiary/aromatic N) is 1. The molecule has 0 fully saturated rings. The van der Waals surface area contributed by atoms with Gasteiger partial charge in [0.15, 0.2) is 0 Å². The number of hydrogen-bond acceptors (Lipinski definition) is 3. The lowest BCUT2D eigenvalue weighted by molar-refractivity contribution is 0.297. The lowest BCUT2D eigenvalue weighted by Crippen LogP contribution is -2.25. The highest BCUT2D eigenvalue weighted by atomic mass is 16.5. The number of benzene rings is 1.